The van der Waals surface area contributed by atoms with Gasteiger partial charge in [0, 0.05) is 43.3 Å². The normalized spacial score (nSPS) is 30.5. The Labute approximate surface area is 201 Å². The third-order valence-corrected chi connectivity index (χ3v) is 7.90. The zero-order valence-electron chi connectivity index (χ0n) is 19.5. The number of fused-ring (bicyclic) bond motifs is 3. The number of benzene rings is 1. The van der Waals surface area contributed by atoms with Crippen LogP contribution in [-0.2, 0) is 0 Å². The molecular formula is C24H38ClF2N5O. The number of nitrogens with zero attached hydrogens (tertiary/aromatic N) is 2. The molecule has 1 aliphatic carbocycles. The first-order chi connectivity index (χ1) is 16.0. The Bertz CT molecular complexity index is 764. The number of aliphatic hydroxyl groups excluding tert-OH is 1. The number of aliphatic hydroxyl groups is 1. The molecule has 5 unspecified atom stereocenters. The van der Waals surface area contributed by atoms with E-state index in [1.54, 1.807) is 0 Å². The highest BCUT2D eigenvalue weighted by atomic mass is 35.5. The Hall–Kier alpha value is -1.19. The lowest BCUT2D eigenvalue weighted by Gasteiger charge is -2.44. The summed E-state index contributed by atoms with van der Waals surface area (Å²) in [6, 6.07) is 2.92. The van der Waals surface area contributed by atoms with Crippen molar-refractivity contribution < 1.29 is 13.9 Å². The van der Waals surface area contributed by atoms with Gasteiger partial charge in [-0.3, -0.25) is 10.2 Å². The monoisotopic (exact) mass is 485 g/mol. The summed E-state index contributed by atoms with van der Waals surface area (Å²) in [6.45, 7) is 5.88. The maximum Gasteiger partial charge on any atom is 0.151 e. The second-order valence-corrected chi connectivity index (χ2v) is 10.2. The molecule has 0 radical (unpaired) electrons. The van der Waals surface area contributed by atoms with Crippen LogP contribution in [0.25, 0.3) is 0 Å². The first-order valence-electron chi connectivity index (χ1n) is 12.5. The number of alkyl halides is 1. The van der Waals surface area contributed by atoms with E-state index in [1.807, 2.05) is 4.90 Å². The minimum absolute atomic E-state index is 0.0630. The van der Waals surface area contributed by atoms with Gasteiger partial charge in [0.25, 0.3) is 0 Å². The largest absolute Gasteiger partial charge is 0.395 e. The minimum atomic E-state index is -0.519. The number of piperidine rings is 1. The van der Waals surface area contributed by atoms with Gasteiger partial charge >= 0.3 is 0 Å². The number of hydrogen-bond acceptors (Lipinski definition) is 6. The van der Waals surface area contributed by atoms with E-state index in [-0.39, 0.29) is 29.9 Å². The van der Waals surface area contributed by atoms with Crippen molar-refractivity contribution in [2.24, 2.45) is 11.8 Å². The van der Waals surface area contributed by atoms with Crippen molar-refractivity contribution in [3.05, 3.63) is 23.8 Å². The number of anilines is 2. The van der Waals surface area contributed by atoms with Crippen molar-refractivity contribution in [3.63, 3.8) is 0 Å². The second-order valence-electron chi connectivity index (χ2n) is 9.57. The summed E-state index contributed by atoms with van der Waals surface area (Å²) in [5, 5.41) is 18.7. The number of rotatable bonds is 8. The highest BCUT2D eigenvalue weighted by Crippen LogP contribution is 2.44. The van der Waals surface area contributed by atoms with Crippen LogP contribution in [-0.4, -0.2) is 73.6 Å². The fourth-order valence-corrected chi connectivity index (χ4v) is 6.40. The standard InChI is InChI=1S/C24H38ClF2N5O/c1-2-31-15-32(22-6-4-3-5-18(22)19-11-16(25)14-30-24(19)31)23-20(26)12-17(13-21(23)27)29-8-7-28-9-10-33/h12-13,16,18-19,22,24,28-30,33H,2-11,14-15H2,1H3. The van der Waals surface area contributed by atoms with Crippen molar-refractivity contribution in [1.82, 2.24) is 15.5 Å². The van der Waals surface area contributed by atoms with Gasteiger partial charge in [0.05, 0.1) is 19.4 Å². The van der Waals surface area contributed by atoms with Gasteiger partial charge in [-0.1, -0.05) is 19.8 Å². The lowest BCUT2D eigenvalue weighted by atomic mass is 9.72. The molecule has 33 heavy (non-hydrogen) atoms. The lowest BCUT2D eigenvalue weighted by molar-refractivity contribution is 0.0693. The summed E-state index contributed by atoms with van der Waals surface area (Å²) in [6.07, 6.45) is 5.42. The van der Waals surface area contributed by atoms with Crippen molar-refractivity contribution in [2.45, 2.75) is 56.6 Å². The summed E-state index contributed by atoms with van der Waals surface area (Å²) in [5.41, 5.74) is 0.526. The molecule has 186 valence electrons. The topological polar surface area (TPSA) is 62.8 Å². The molecule has 2 aliphatic heterocycles. The molecule has 3 fully saturated rings. The molecule has 0 aromatic heterocycles. The first-order valence-corrected chi connectivity index (χ1v) is 12.9. The van der Waals surface area contributed by atoms with Crippen LogP contribution in [0.1, 0.15) is 39.0 Å². The molecule has 3 aliphatic rings. The predicted octanol–water partition coefficient (Wildman–Crippen LogP) is 3.16. The summed E-state index contributed by atoms with van der Waals surface area (Å²) >= 11 is 6.56. The molecule has 2 heterocycles. The highest BCUT2D eigenvalue weighted by molar-refractivity contribution is 6.20. The molecule has 1 aromatic rings. The van der Waals surface area contributed by atoms with Crippen LogP contribution in [0.4, 0.5) is 20.2 Å². The molecule has 0 spiro atoms. The Morgan fingerprint density at radius 1 is 1.12 bits per heavy atom. The fourth-order valence-electron chi connectivity index (χ4n) is 6.11. The summed E-state index contributed by atoms with van der Waals surface area (Å²) in [4.78, 5) is 4.33. The van der Waals surface area contributed by atoms with Gasteiger partial charge in [0.15, 0.2) is 11.6 Å². The Morgan fingerprint density at radius 2 is 1.88 bits per heavy atom. The van der Waals surface area contributed by atoms with E-state index in [4.69, 9.17) is 16.7 Å². The Kier molecular flexibility index (Phi) is 8.68. The third-order valence-electron chi connectivity index (χ3n) is 7.57. The Balaban J connectivity index is 1.60. The molecule has 1 saturated carbocycles. The maximum atomic E-state index is 15.5. The van der Waals surface area contributed by atoms with Crippen LogP contribution >= 0.6 is 11.6 Å². The molecule has 5 atom stereocenters. The summed E-state index contributed by atoms with van der Waals surface area (Å²) in [5.74, 6) is -0.290. The quantitative estimate of drug-likeness (QED) is 0.335. The van der Waals surface area contributed by atoms with Crippen LogP contribution < -0.4 is 20.9 Å². The Morgan fingerprint density at radius 3 is 2.61 bits per heavy atom. The van der Waals surface area contributed by atoms with Crippen LogP contribution in [0.2, 0.25) is 0 Å². The minimum Gasteiger partial charge on any atom is -0.395 e. The molecule has 0 amide bonds. The fraction of sp³-hybridized carbons (Fsp3) is 0.750. The number of halogens is 3. The van der Waals surface area contributed by atoms with Crippen LogP contribution in [0.5, 0.6) is 0 Å². The zero-order chi connectivity index (χ0) is 23.4. The van der Waals surface area contributed by atoms with Crippen molar-refractivity contribution >= 4 is 23.0 Å². The van der Waals surface area contributed by atoms with E-state index < -0.39 is 11.6 Å². The second kappa shape index (κ2) is 11.5. The van der Waals surface area contributed by atoms with E-state index >= 15 is 8.78 Å². The number of hydrogen-bond donors (Lipinski definition) is 4. The maximum absolute atomic E-state index is 15.5. The summed E-state index contributed by atoms with van der Waals surface area (Å²) < 4.78 is 30.9. The molecule has 2 saturated heterocycles. The van der Waals surface area contributed by atoms with Crippen LogP contribution in [0.15, 0.2) is 12.1 Å². The van der Waals surface area contributed by atoms with Gasteiger partial charge in [-0.2, -0.15) is 0 Å². The molecule has 4 rings (SSSR count). The van der Waals surface area contributed by atoms with Crippen LogP contribution in [0.3, 0.4) is 0 Å². The lowest BCUT2D eigenvalue weighted by Crippen LogP contribution is -2.57. The van der Waals surface area contributed by atoms with Crippen molar-refractivity contribution in [3.8, 4) is 0 Å². The third kappa shape index (κ3) is 5.56. The van der Waals surface area contributed by atoms with Gasteiger partial charge in [-0.15, -0.1) is 11.6 Å². The smallest absolute Gasteiger partial charge is 0.151 e. The SMILES string of the molecule is CCN1CN(c2c(F)cc(NCCNCCO)cc2F)C2CCCCC2C2CC(Cl)CNC21. The predicted molar refractivity (Wildman–Crippen MR) is 130 cm³/mol. The van der Waals surface area contributed by atoms with Crippen molar-refractivity contribution in [1.29, 1.82) is 0 Å². The molecule has 0 bridgehead atoms. The van der Waals surface area contributed by atoms with Gasteiger partial charge < -0.3 is 20.6 Å². The molecule has 1 aromatic carbocycles. The van der Waals surface area contributed by atoms with Gasteiger partial charge in [-0.25, -0.2) is 8.78 Å². The van der Waals surface area contributed by atoms with Crippen molar-refractivity contribution in [2.75, 3.05) is 56.2 Å². The first kappa shape index (κ1) is 24.9. The molecule has 4 N–H and O–H groups in total. The number of nitrogens with one attached hydrogen (secondary N) is 3. The van der Waals surface area contributed by atoms with Gasteiger partial charge in [-0.05, 0) is 49.8 Å². The molecule has 9 heteroatoms. The van der Waals surface area contributed by atoms with Crippen LogP contribution in [0, 0.1) is 23.5 Å². The molecular weight excluding hydrogens is 448 g/mol. The highest BCUT2D eigenvalue weighted by Gasteiger charge is 2.47. The van der Waals surface area contributed by atoms with E-state index in [1.165, 1.54) is 12.1 Å². The molecule has 6 nitrogen and oxygen atoms in total. The average Bonchev–Trinajstić information content (AvgIpc) is 2.93. The van der Waals surface area contributed by atoms with Gasteiger partial charge in [0.1, 0.15) is 5.69 Å². The van der Waals surface area contributed by atoms with E-state index in [0.717, 1.165) is 45.2 Å². The van der Waals surface area contributed by atoms with Gasteiger partial charge in [0.2, 0.25) is 0 Å². The average molecular weight is 486 g/mol. The van der Waals surface area contributed by atoms with E-state index in [2.05, 4.69) is 27.8 Å². The zero-order valence-corrected chi connectivity index (χ0v) is 20.3. The van der Waals surface area contributed by atoms with E-state index in [0.29, 0.717) is 43.8 Å². The summed E-state index contributed by atoms with van der Waals surface area (Å²) in [7, 11) is 0. The van der Waals surface area contributed by atoms with E-state index in [9.17, 15) is 0 Å².